The summed E-state index contributed by atoms with van der Waals surface area (Å²) in [5, 5.41) is 10.6. The molecule has 0 radical (unpaired) electrons. The Labute approximate surface area is 163 Å². The van der Waals surface area contributed by atoms with E-state index in [4.69, 9.17) is 4.98 Å². The van der Waals surface area contributed by atoms with E-state index < -0.39 is 0 Å². The first-order valence-corrected chi connectivity index (χ1v) is 10.6. The molecule has 1 N–H and O–H groups in total. The average Bonchev–Trinajstić information content (AvgIpc) is 3.17. The van der Waals surface area contributed by atoms with Crippen LogP contribution in [0.2, 0.25) is 0 Å². The number of pyridine rings is 1. The minimum absolute atomic E-state index is 0.00485. The van der Waals surface area contributed by atoms with Crippen molar-refractivity contribution in [3.8, 4) is 0 Å². The van der Waals surface area contributed by atoms with Crippen molar-refractivity contribution in [2.24, 2.45) is 5.92 Å². The van der Waals surface area contributed by atoms with Crippen LogP contribution in [0.15, 0.2) is 29.8 Å². The van der Waals surface area contributed by atoms with Gasteiger partial charge in [-0.05, 0) is 50.1 Å². The van der Waals surface area contributed by atoms with Crippen LogP contribution in [0.1, 0.15) is 79.5 Å². The van der Waals surface area contributed by atoms with E-state index in [1.165, 1.54) is 4.88 Å². The molecule has 6 heteroatoms. The Hall–Kier alpha value is -2.21. The number of hydrogen-bond acceptors (Lipinski definition) is 4. The fraction of sp³-hybridized carbons (Fsp3) is 0.476. The third kappa shape index (κ3) is 3.50. The summed E-state index contributed by atoms with van der Waals surface area (Å²) in [6.07, 6.45) is 4.09. The summed E-state index contributed by atoms with van der Waals surface area (Å²) in [4.78, 5) is 19.3. The highest BCUT2D eigenvalue weighted by Gasteiger charge is 2.29. The SMILES string of the molecule is CC(C)C(NC(=O)c1cc(C2CC2)nc2c1cnn2C(C)C)c1cccs1. The van der Waals surface area contributed by atoms with Crippen LogP contribution in [0, 0.1) is 5.92 Å². The summed E-state index contributed by atoms with van der Waals surface area (Å²) in [5.41, 5.74) is 2.53. The van der Waals surface area contributed by atoms with Gasteiger partial charge in [-0.15, -0.1) is 11.3 Å². The first-order valence-electron chi connectivity index (χ1n) is 9.68. The molecule has 5 nitrogen and oxygen atoms in total. The summed E-state index contributed by atoms with van der Waals surface area (Å²) >= 11 is 1.68. The smallest absolute Gasteiger partial charge is 0.252 e. The molecule has 0 bridgehead atoms. The molecule has 1 amide bonds. The van der Waals surface area contributed by atoms with Gasteiger partial charge in [0.1, 0.15) is 0 Å². The molecule has 0 spiro atoms. The number of fused-ring (bicyclic) bond motifs is 1. The predicted molar refractivity (Wildman–Crippen MR) is 109 cm³/mol. The quantitative estimate of drug-likeness (QED) is 0.647. The Kier molecular flexibility index (Phi) is 4.76. The van der Waals surface area contributed by atoms with Gasteiger partial charge in [-0.25, -0.2) is 9.67 Å². The molecular formula is C21H26N4OS. The first kappa shape index (κ1) is 18.2. The lowest BCUT2D eigenvalue weighted by molar-refractivity contribution is 0.0928. The number of hydrogen-bond donors (Lipinski definition) is 1. The summed E-state index contributed by atoms with van der Waals surface area (Å²) in [7, 11) is 0. The van der Waals surface area contributed by atoms with E-state index in [1.54, 1.807) is 17.5 Å². The fourth-order valence-corrected chi connectivity index (χ4v) is 4.39. The lowest BCUT2D eigenvalue weighted by Crippen LogP contribution is -2.31. The van der Waals surface area contributed by atoms with Gasteiger partial charge in [0.15, 0.2) is 5.65 Å². The van der Waals surface area contributed by atoms with Crippen molar-refractivity contribution in [3.63, 3.8) is 0 Å². The van der Waals surface area contributed by atoms with Crippen molar-refractivity contribution in [2.45, 2.75) is 58.5 Å². The van der Waals surface area contributed by atoms with Crippen LogP contribution < -0.4 is 5.32 Å². The minimum Gasteiger partial charge on any atom is -0.344 e. The van der Waals surface area contributed by atoms with Crippen LogP contribution in [0.5, 0.6) is 0 Å². The van der Waals surface area contributed by atoms with Crippen molar-refractivity contribution in [3.05, 3.63) is 45.9 Å². The Balaban J connectivity index is 1.74. The molecule has 27 heavy (non-hydrogen) atoms. The van der Waals surface area contributed by atoms with E-state index in [2.05, 4.69) is 49.6 Å². The molecule has 1 atom stereocenters. The van der Waals surface area contributed by atoms with Crippen molar-refractivity contribution in [1.82, 2.24) is 20.1 Å². The summed E-state index contributed by atoms with van der Waals surface area (Å²) in [5.74, 6) is 0.751. The maximum Gasteiger partial charge on any atom is 0.252 e. The highest BCUT2D eigenvalue weighted by Crippen LogP contribution is 2.40. The normalized spacial score (nSPS) is 15.6. The van der Waals surface area contributed by atoms with Gasteiger partial charge in [-0.3, -0.25) is 4.79 Å². The number of carbonyl (C=O) groups is 1. The number of rotatable bonds is 6. The molecule has 1 saturated carbocycles. The molecular weight excluding hydrogens is 356 g/mol. The fourth-order valence-electron chi connectivity index (χ4n) is 3.44. The zero-order valence-electron chi connectivity index (χ0n) is 16.3. The third-order valence-electron chi connectivity index (χ3n) is 5.12. The van der Waals surface area contributed by atoms with Crippen molar-refractivity contribution < 1.29 is 4.79 Å². The maximum absolute atomic E-state index is 13.3. The summed E-state index contributed by atoms with van der Waals surface area (Å²) in [6.45, 7) is 8.45. The summed E-state index contributed by atoms with van der Waals surface area (Å²) in [6, 6.07) is 6.31. The molecule has 3 aromatic rings. The van der Waals surface area contributed by atoms with E-state index in [1.807, 2.05) is 16.8 Å². The molecule has 0 saturated heterocycles. The molecule has 0 aliphatic heterocycles. The average molecular weight is 383 g/mol. The van der Waals surface area contributed by atoms with Gasteiger partial charge in [0, 0.05) is 22.5 Å². The molecule has 1 unspecified atom stereocenters. The zero-order chi connectivity index (χ0) is 19.1. The van der Waals surface area contributed by atoms with Crippen LogP contribution in [-0.4, -0.2) is 20.7 Å². The van der Waals surface area contributed by atoms with Gasteiger partial charge in [0.25, 0.3) is 5.91 Å². The Morgan fingerprint density at radius 3 is 2.67 bits per heavy atom. The highest BCUT2D eigenvalue weighted by atomic mass is 32.1. The number of carbonyl (C=O) groups excluding carboxylic acids is 1. The van der Waals surface area contributed by atoms with E-state index in [-0.39, 0.29) is 18.0 Å². The molecule has 142 valence electrons. The van der Waals surface area contributed by atoms with Gasteiger partial charge in [0.2, 0.25) is 0 Å². The second-order valence-corrected chi connectivity index (χ2v) is 8.98. The summed E-state index contributed by atoms with van der Waals surface area (Å²) < 4.78 is 1.91. The van der Waals surface area contributed by atoms with Gasteiger partial charge in [0.05, 0.1) is 23.2 Å². The second kappa shape index (κ2) is 7.08. The van der Waals surface area contributed by atoms with Crippen molar-refractivity contribution in [2.75, 3.05) is 0 Å². The van der Waals surface area contributed by atoms with E-state index in [9.17, 15) is 4.79 Å². The number of thiophene rings is 1. The van der Waals surface area contributed by atoms with Gasteiger partial charge in [-0.1, -0.05) is 19.9 Å². The topological polar surface area (TPSA) is 59.8 Å². The van der Waals surface area contributed by atoms with Gasteiger partial charge >= 0.3 is 0 Å². The number of nitrogens with one attached hydrogen (secondary N) is 1. The molecule has 1 aliphatic rings. The lowest BCUT2D eigenvalue weighted by Gasteiger charge is -2.21. The first-order chi connectivity index (χ1) is 13.0. The minimum atomic E-state index is -0.0419. The zero-order valence-corrected chi connectivity index (χ0v) is 17.1. The van der Waals surface area contributed by atoms with Crippen molar-refractivity contribution in [1.29, 1.82) is 0 Å². The Morgan fingerprint density at radius 1 is 1.30 bits per heavy atom. The largest absolute Gasteiger partial charge is 0.344 e. The number of nitrogens with zero attached hydrogens (tertiary/aromatic N) is 3. The van der Waals surface area contributed by atoms with E-state index in [0.717, 1.165) is 29.6 Å². The van der Waals surface area contributed by atoms with E-state index >= 15 is 0 Å². The van der Waals surface area contributed by atoms with Crippen LogP contribution in [0.4, 0.5) is 0 Å². The Bertz CT molecular complexity index is 954. The molecule has 1 aliphatic carbocycles. The van der Waals surface area contributed by atoms with Gasteiger partial charge in [-0.2, -0.15) is 5.10 Å². The second-order valence-electron chi connectivity index (χ2n) is 8.00. The molecule has 3 heterocycles. The molecule has 4 rings (SSSR count). The maximum atomic E-state index is 13.3. The Morgan fingerprint density at radius 2 is 2.07 bits per heavy atom. The van der Waals surface area contributed by atoms with Crippen LogP contribution >= 0.6 is 11.3 Å². The lowest BCUT2D eigenvalue weighted by atomic mass is 10.0. The third-order valence-corrected chi connectivity index (χ3v) is 6.07. The van der Waals surface area contributed by atoms with Crippen LogP contribution in [0.25, 0.3) is 11.0 Å². The predicted octanol–water partition coefficient (Wildman–Crippen LogP) is 5.08. The standard InChI is InChI=1S/C21H26N4OS/c1-12(2)19(18-6-5-9-27-18)24-21(26)15-10-17(14-7-8-14)23-20-16(15)11-22-25(20)13(3)4/h5-6,9-14,19H,7-8H2,1-4H3,(H,24,26). The highest BCUT2D eigenvalue weighted by molar-refractivity contribution is 7.10. The van der Waals surface area contributed by atoms with Gasteiger partial charge < -0.3 is 5.32 Å². The van der Waals surface area contributed by atoms with Crippen LogP contribution in [-0.2, 0) is 0 Å². The number of aromatic nitrogens is 3. The van der Waals surface area contributed by atoms with Crippen molar-refractivity contribution >= 4 is 28.3 Å². The number of amides is 1. The van der Waals surface area contributed by atoms with Crippen LogP contribution in [0.3, 0.4) is 0 Å². The van der Waals surface area contributed by atoms with E-state index in [0.29, 0.717) is 17.4 Å². The molecule has 1 fully saturated rings. The molecule has 3 aromatic heterocycles. The molecule has 0 aromatic carbocycles. The monoisotopic (exact) mass is 382 g/mol.